The van der Waals surface area contributed by atoms with Gasteiger partial charge in [-0.15, -0.1) is 0 Å². The molecule has 5 rings (SSSR count). The Hall–Kier alpha value is -3.99. The number of para-hydroxylation sites is 1. The molecule has 8 nitrogen and oxygen atoms in total. The van der Waals surface area contributed by atoms with Crippen LogP contribution in [0.2, 0.25) is 0 Å². The van der Waals surface area contributed by atoms with Gasteiger partial charge >= 0.3 is 6.61 Å². The molecule has 0 spiro atoms. The number of likely N-dealkylation sites (N-methyl/N-ethyl adjacent to an activating group) is 1. The molecule has 0 N–H and O–H groups in total. The summed E-state index contributed by atoms with van der Waals surface area (Å²) in [5.41, 5.74) is 2.00. The molecule has 4 heterocycles. The molecule has 1 aliphatic heterocycles. The maximum absolute atomic E-state index is 15.1. The Labute approximate surface area is 204 Å². The lowest BCUT2D eigenvalue weighted by molar-refractivity contribution is -0.167. The molecule has 0 radical (unpaired) electrons. The fourth-order valence-electron chi connectivity index (χ4n) is 4.59. The summed E-state index contributed by atoms with van der Waals surface area (Å²) in [6, 6.07) is 7.83. The zero-order valence-corrected chi connectivity index (χ0v) is 19.5. The SMILES string of the molecule is Cc1nc2cc(F)c(-c3cnc(C4(OC=O)CN(C)C4)nc3)cn2c1Cc1ccccc1OC(F)F. The van der Waals surface area contributed by atoms with Gasteiger partial charge in [-0.05, 0) is 20.0 Å². The zero-order valence-electron chi connectivity index (χ0n) is 19.5. The lowest BCUT2D eigenvalue weighted by Gasteiger charge is -2.45. The number of carbonyl (C=O) groups excluding carboxylic acids is 1. The number of aromatic nitrogens is 4. The number of pyridine rings is 1. The number of alkyl halides is 2. The van der Waals surface area contributed by atoms with Gasteiger partial charge in [-0.2, -0.15) is 8.78 Å². The summed E-state index contributed by atoms with van der Waals surface area (Å²) in [7, 11) is 1.88. The third-order valence-corrected chi connectivity index (χ3v) is 6.25. The highest BCUT2D eigenvalue weighted by Crippen LogP contribution is 2.33. The summed E-state index contributed by atoms with van der Waals surface area (Å²) >= 11 is 0. The van der Waals surface area contributed by atoms with Gasteiger partial charge in [-0.25, -0.2) is 19.3 Å². The highest BCUT2D eigenvalue weighted by molar-refractivity contribution is 5.65. The molecule has 3 aromatic heterocycles. The second kappa shape index (κ2) is 9.23. The van der Waals surface area contributed by atoms with E-state index < -0.39 is 18.0 Å². The molecule has 0 unspecified atom stereocenters. The number of nitrogens with zero attached hydrogens (tertiary/aromatic N) is 5. The number of hydrogen-bond donors (Lipinski definition) is 0. The first-order valence-electron chi connectivity index (χ1n) is 11.1. The van der Waals surface area contributed by atoms with Crippen LogP contribution in [0.1, 0.15) is 22.8 Å². The molecule has 186 valence electrons. The number of benzene rings is 1. The van der Waals surface area contributed by atoms with Crippen LogP contribution in [0.5, 0.6) is 5.75 Å². The molecule has 1 aliphatic rings. The molecule has 0 bridgehead atoms. The van der Waals surface area contributed by atoms with Crippen LogP contribution in [0, 0.1) is 12.7 Å². The lowest BCUT2D eigenvalue weighted by atomic mass is 9.93. The molecular formula is C25H22F3N5O3. The monoisotopic (exact) mass is 497 g/mol. The van der Waals surface area contributed by atoms with Gasteiger partial charge < -0.3 is 13.9 Å². The number of ether oxygens (including phenoxy) is 2. The van der Waals surface area contributed by atoms with Gasteiger partial charge in [0.1, 0.15) is 17.2 Å². The third-order valence-electron chi connectivity index (χ3n) is 6.25. The number of aryl methyl sites for hydroxylation is 1. The first-order valence-corrected chi connectivity index (χ1v) is 11.1. The van der Waals surface area contributed by atoms with Crippen molar-refractivity contribution >= 4 is 12.1 Å². The number of hydrogen-bond acceptors (Lipinski definition) is 7. The quantitative estimate of drug-likeness (QED) is 0.343. The molecule has 4 aromatic rings. The van der Waals surface area contributed by atoms with E-state index in [-0.39, 0.29) is 17.7 Å². The van der Waals surface area contributed by atoms with Crippen molar-refractivity contribution in [3.05, 3.63) is 77.5 Å². The average molecular weight is 497 g/mol. The van der Waals surface area contributed by atoms with Gasteiger partial charge in [0.25, 0.3) is 6.47 Å². The number of fused-ring (bicyclic) bond motifs is 1. The van der Waals surface area contributed by atoms with Crippen LogP contribution in [-0.2, 0) is 21.6 Å². The Morgan fingerprint density at radius 3 is 2.58 bits per heavy atom. The van der Waals surface area contributed by atoms with Crippen molar-refractivity contribution in [1.82, 2.24) is 24.3 Å². The zero-order chi connectivity index (χ0) is 25.4. The Morgan fingerprint density at radius 2 is 1.92 bits per heavy atom. The minimum Gasteiger partial charge on any atom is -0.450 e. The highest BCUT2D eigenvalue weighted by atomic mass is 19.3. The number of rotatable bonds is 8. The van der Waals surface area contributed by atoms with Crippen LogP contribution < -0.4 is 4.74 Å². The van der Waals surface area contributed by atoms with Crippen LogP contribution in [0.25, 0.3) is 16.8 Å². The van der Waals surface area contributed by atoms with E-state index in [4.69, 9.17) is 4.74 Å². The van der Waals surface area contributed by atoms with E-state index >= 15 is 4.39 Å². The second-order valence-electron chi connectivity index (χ2n) is 8.75. The van der Waals surface area contributed by atoms with Gasteiger partial charge in [0.15, 0.2) is 11.4 Å². The smallest absolute Gasteiger partial charge is 0.387 e. The molecule has 1 fully saturated rings. The normalized spacial score (nSPS) is 15.2. The van der Waals surface area contributed by atoms with E-state index in [1.165, 1.54) is 24.5 Å². The summed E-state index contributed by atoms with van der Waals surface area (Å²) in [4.78, 5) is 26.1. The van der Waals surface area contributed by atoms with Gasteiger partial charge in [0, 0.05) is 66.6 Å². The number of halogens is 3. The largest absolute Gasteiger partial charge is 0.450 e. The molecule has 0 amide bonds. The van der Waals surface area contributed by atoms with E-state index in [9.17, 15) is 13.6 Å². The summed E-state index contributed by atoms with van der Waals surface area (Å²) in [6.45, 7) is 0.121. The maximum atomic E-state index is 15.1. The second-order valence-corrected chi connectivity index (χ2v) is 8.75. The molecule has 0 saturated carbocycles. The van der Waals surface area contributed by atoms with Gasteiger partial charge in [0.05, 0.1) is 5.69 Å². The fourth-order valence-corrected chi connectivity index (χ4v) is 4.59. The Bertz CT molecular complexity index is 1420. The van der Waals surface area contributed by atoms with Gasteiger partial charge in [0.2, 0.25) is 0 Å². The van der Waals surface area contributed by atoms with E-state index in [2.05, 4.69) is 19.7 Å². The molecule has 1 saturated heterocycles. The predicted octanol–water partition coefficient (Wildman–Crippen LogP) is 3.74. The lowest BCUT2D eigenvalue weighted by Crippen LogP contribution is -2.59. The van der Waals surface area contributed by atoms with E-state index in [0.29, 0.717) is 53.5 Å². The van der Waals surface area contributed by atoms with Gasteiger partial charge in [-0.3, -0.25) is 9.69 Å². The van der Waals surface area contributed by atoms with Crippen molar-refractivity contribution in [3.8, 4) is 16.9 Å². The first-order chi connectivity index (χ1) is 17.3. The molecule has 0 atom stereocenters. The van der Waals surface area contributed by atoms with Crippen LogP contribution in [0.4, 0.5) is 13.2 Å². The number of likely N-dealkylation sites (tertiary alicyclic amines) is 1. The molecule has 11 heteroatoms. The van der Waals surface area contributed by atoms with Crippen molar-refractivity contribution in [2.24, 2.45) is 0 Å². The third kappa shape index (κ3) is 4.26. The average Bonchev–Trinajstić information content (AvgIpc) is 3.12. The molecular weight excluding hydrogens is 475 g/mol. The summed E-state index contributed by atoms with van der Waals surface area (Å²) in [6.07, 6.45) is 4.80. The van der Waals surface area contributed by atoms with Crippen molar-refractivity contribution < 1.29 is 27.4 Å². The minimum absolute atomic E-state index is 0.0706. The van der Waals surface area contributed by atoms with Crippen LogP contribution in [0.3, 0.4) is 0 Å². The van der Waals surface area contributed by atoms with E-state index in [1.807, 2.05) is 11.9 Å². The van der Waals surface area contributed by atoms with Crippen LogP contribution >= 0.6 is 0 Å². The number of carbonyl (C=O) groups is 1. The minimum atomic E-state index is -2.95. The first kappa shape index (κ1) is 23.7. The summed E-state index contributed by atoms with van der Waals surface area (Å²) in [5, 5.41) is 0. The highest BCUT2D eigenvalue weighted by Gasteiger charge is 2.47. The maximum Gasteiger partial charge on any atom is 0.387 e. The number of imidazole rings is 1. The van der Waals surface area contributed by atoms with Crippen LogP contribution in [0.15, 0.2) is 48.9 Å². The Balaban J connectivity index is 1.51. The van der Waals surface area contributed by atoms with Crippen LogP contribution in [-0.4, -0.2) is 57.5 Å². The van der Waals surface area contributed by atoms with Crippen molar-refractivity contribution in [1.29, 1.82) is 0 Å². The van der Waals surface area contributed by atoms with E-state index in [1.54, 1.807) is 35.7 Å². The Kier molecular flexibility index (Phi) is 6.09. The standard InChI is InChI=1S/C25H22F3N5O3/c1-15-20(7-16-5-3-4-6-21(16)36-24(27)28)33-11-18(19(26)8-22(33)31-15)17-9-29-23(30-10-17)25(35-14-34)12-32(2)13-25/h3-6,8-11,14,24H,7,12-13H2,1-2H3. The van der Waals surface area contributed by atoms with Crippen molar-refractivity contribution in [2.45, 2.75) is 25.6 Å². The van der Waals surface area contributed by atoms with Crippen molar-refractivity contribution in [3.63, 3.8) is 0 Å². The predicted molar refractivity (Wildman–Crippen MR) is 123 cm³/mol. The topological polar surface area (TPSA) is 81.9 Å². The van der Waals surface area contributed by atoms with Gasteiger partial charge in [-0.1, -0.05) is 18.2 Å². The summed E-state index contributed by atoms with van der Waals surface area (Å²) < 4.78 is 52.5. The summed E-state index contributed by atoms with van der Waals surface area (Å²) in [5.74, 6) is -0.104. The Morgan fingerprint density at radius 1 is 1.19 bits per heavy atom. The fraction of sp³-hybridized carbons (Fsp3) is 0.280. The molecule has 1 aromatic carbocycles. The molecule has 0 aliphatic carbocycles. The molecule has 36 heavy (non-hydrogen) atoms. The van der Waals surface area contributed by atoms with E-state index in [0.717, 1.165) is 0 Å². The van der Waals surface area contributed by atoms with Crippen molar-refractivity contribution in [2.75, 3.05) is 20.1 Å².